The minimum absolute atomic E-state index is 0.289. The van der Waals surface area contributed by atoms with E-state index in [1.54, 1.807) is 0 Å². The maximum atomic E-state index is 8.70. The van der Waals surface area contributed by atoms with Crippen LogP contribution in [0.25, 0.3) is 0 Å². The van der Waals surface area contributed by atoms with Gasteiger partial charge in [-0.1, -0.05) is 13.8 Å². The lowest BCUT2D eigenvalue weighted by Crippen LogP contribution is -2.26. The van der Waals surface area contributed by atoms with Crippen LogP contribution in [-0.4, -0.2) is 36.2 Å². The molecular formula is C9H19NO. The van der Waals surface area contributed by atoms with Crippen LogP contribution in [-0.2, 0) is 0 Å². The maximum Gasteiger partial charge on any atom is 0.0558 e. The van der Waals surface area contributed by atoms with Crippen molar-refractivity contribution in [2.24, 2.45) is 11.8 Å². The Bertz CT molecular complexity index is 125. The molecule has 0 spiro atoms. The first-order valence-corrected chi connectivity index (χ1v) is 4.48. The number of aliphatic hydroxyl groups excluding tert-OH is 1. The molecule has 1 rings (SSSR count). The lowest BCUT2D eigenvalue weighted by atomic mass is 10.1. The van der Waals surface area contributed by atoms with Crippen molar-refractivity contribution in [1.82, 2.24) is 4.90 Å². The van der Waals surface area contributed by atoms with Crippen molar-refractivity contribution in [3.8, 4) is 0 Å². The normalized spacial score (nSPS) is 30.0. The molecule has 2 unspecified atom stereocenters. The van der Waals surface area contributed by atoms with Crippen molar-refractivity contribution in [1.29, 1.82) is 0 Å². The molecule has 0 aromatic rings. The Morgan fingerprint density at radius 2 is 2.18 bits per heavy atom. The van der Waals surface area contributed by atoms with E-state index >= 15 is 0 Å². The van der Waals surface area contributed by atoms with Crippen LogP contribution >= 0.6 is 0 Å². The van der Waals surface area contributed by atoms with Gasteiger partial charge in [0.25, 0.3) is 0 Å². The van der Waals surface area contributed by atoms with Crippen LogP contribution in [0.2, 0.25) is 0 Å². The van der Waals surface area contributed by atoms with E-state index in [-0.39, 0.29) is 6.61 Å². The van der Waals surface area contributed by atoms with Gasteiger partial charge in [0.2, 0.25) is 0 Å². The van der Waals surface area contributed by atoms with Gasteiger partial charge in [-0.15, -0.1) is 0 Å². The second kappa shape index (κ2) is 3.55. The van der Waals surface area contributed by atoms with Crippen molar-refractivity contribution in [2.45, 2.75) is 26.3 Å². The van der Waals surface area contributed by atoms with Gasteiger partial charge in [-0.3, -0.25) is 0 Å². The Balaban J connectivity index is 2.20. The third-order valence-corrected chi connectivity index (χ3v) is 2.68. The lowest BCUT2D eigenvalue weighted by molar-refractivity contribution is 0.207. The summed E-state index contributed by atoms with van der Waals surface area (Å²) >= 11 is 0. The number of aliphatic hydroxyl groups is 1. The Morgan fingerprint density at radius 3 is 2.55 bits per heavy atom. The lowest BCUT2D eigenvalue weighted by Gasteiger charge is -2.15. The van der Waals surface area contributed by atoms with E-state index in [1.165, 1.54) is 6.42 Å². The Kier molecular flexibility index (Phi) is 2.90. The molecule has 0 saturated heterocycles. The quantitative estimate of drug-likeness (QED) is 0.657. The van der Waals surface area contributed by atoms with Gasteiger partial charge < -0.3 is 10.0 Å². The molecule has 0 aliphatic heterocycles. The summed E-state index contributed by atoms with van der Waals surface area (Å²) in [5, 5.41) is 8.70. The fourth-order valence-electron chi connectivity index (χ4n) is 1.75. The van der Waals surface area contributed by atoms with E-state index in [4.69, 9.17) is 5.11 Å². The monoisotopic (exact) mass is 157 g/mol. The van der Waals surface area contributed by atoms with E-state index in [0.29, 0.717) is 0 Å². The number of likely N-dealkylation sites (N-methyl/N-ethyl adjacent to an activating group) is 1. The number of nitrogens with zero attached hydrogens (tertiary/aromatic N) is 1. The van der Waals surface area contributed by atoms with E-state index in [9.17, 15) is 0 Å². The van der Waals surface area contributed by atoms with Crippen LogP contribution in [0, 0.1) is 11.8 Å². The van der Waals surface area contributed by atoms with Crippen molar-refractivity contribution < 1.29 is 5.11 Å². The highest BCUT2D eigenvalue weighted by molar-refractivity contribution is 4.95. The largest absolute Gasteiger partial charge is 0.395 e. The summed E-state index contributed by atoms with van der Waals surface area (Å²) in [6.07, 6.45) is 1.33. The first kappa shape index (κ1) is 9.01. The summed E-state index contributed by atoms with van der Waals surface area (Å²) in [4.78, 5) is 2.27. The molecule has 66 valence electrons. The topological polar surface area (TPSA) is 23.5 Å². The highest BCUT2D eigenvalue weighted by Crippen LogP contribution is 2.40. The first-order valence-electron chi connectivity index (χ1n) is 4.48. The molecule has 1 fully saturated rings. The van der Waals surface area contributed by atoms with Gasteiger partial charge in [-0.25, -0.2) is 0 Å². The molecule has 1 aliphatic rings. The van der Waals surface area contributed by atoms with Gasteiger partial charge in [0.15, 0.2) is 0 Å². The second-order valence-electron chi connectivity index (χ2n) is 3.92. The molecule has 0 aromatic carbocycles. The standard InChI is InChI=1S/C9H19NO/c1-7(2)8-6-9(8)10(3)4-5-11/h7-9,11H,4-6H2,1-3H3. The number of hydrogen-bond acceptors (Lipinski definition) is 2. The average molecular weight is 157 g/mol. The van der Waals surface area contributed by atoms with Gasteiger partial charge >= 0.3 is 0 Å². The van der Waals surface area contributed by atoms with Gasteiger partial charge in [0, 0.05) is 12.6 Å². The molecule has 2 atom stereocenters. The molecule has 11 heavy (non-hydrogen) atoms. The summed E-state index contributed by atoms with van der Waals surface area (Å²) < 4.78 is 0. The molecule has 0 radical (unpaired) electrons. The van der Waals surface area contributed by atoms with E-state index in [2.05, 4.69) is 25.8 Å². The first-order chi connectivity index (χ1) is 5.16. The number of hydrogen-bond donors (Lipinski definition) is 1. The minimum atomic E-state index is 0.289. The van der Waals surface area contributed by atoms with Crippen LogP contribution in [0.1, 0.15) is 20.3 Å². The van der Waals surface area contributed by atoms with Crippen LogP contribution in [0.5, 0.6) is 0 Å². The van der Waals surface area contributed by atoms with Crippen molar-refractivity contribution in [3.05, 3.63) is 0 Å². The fraction of sp³-hybridized carbons (Fsp3) is 1.00. The van der Waals surface area contributed by atoms with Crippen LogP contribution < -0.4 is 0 Å². The van der Waals surface area contributed by atoms with E-state index < -0.39 is 0 Å². The zero-order valence-corrected chi connectivity index (χ0v) is 7.75. The Hall–Kier alpha value is -0.0800. The summed E-state index contributed by atoms with van der Waals surface area (Å²) in [6, 6.07) is 0.752. The van der Waals surface area contributed by atoms with Crippen molar-refractivity contribution >= 4 is 0 Å². The SMILES string of the molecule is CC(C)C1CC1N(C)CCO. The summed E-state index contributed by atoms with van der Waals surface area (Å²) in [6.45, 7) is 5.67. The molecular weight excluding hydrogens is 138 g/mol. The smallest absolute Gasteiger partial charge is 0.0558 e. The predicted octanol–water partition coefficient (Wildman–Crippen LogP) is 0.955. The van der Waals surface area contributed by atoms with E-state index in [1.807, 2.05) is 0 Å². The Labute approximate surface area is 69.2 Å². The molecule has 0 heterocycles. The molecule has 2 nitrogen and oxygen atoms in total. The fourth-order valence-corrected chi connectivity index (χ4v) is 1.75. The summed E-state index contributed by atoms with van der Waals surface area (Å²) in [7, 11) is 2.10. The summed E-state index contributed by atoms with van der Waals surface area (Å²) in [5.41, 5.74) is 0. The van der Waals surface area contributed by atoms with Gasteiger partial charge in [-0.2, -0.15) is 0 Å². The van der Waals surface area contributed by atoms with Crippen molar-refractivity contribution in [3.63, 3.8) is 0 Å². The zero-order chi connectivity index (χ0) is 8.43. The molecule has 0 aromatic heterocycles. The van der Waals surface area contributed by atoms with Gasteiger partial charge in [-0.05, 0) is 25.3 Å². The zero-order valence-electron chi connectivity index (χ0n) is 7.75. The van der Waals surface area contributed by atoms with E-state index in [0.717, 1.165) is 24.4 Å². The van der Waals surface area contributed by atoms with Crippen LogP contribution in [0.3, 0.4) is 0 Å². The third kappa shape index (κ3) is 2.17. The maximum absolute atomic E-state index is 8.70. The molecule has 2 heteroatoms. The molecule has 1 aliphatic carbocycles. The molecule has 1 N–H and O–H groups in total. The molecule has 0 amide bonds. The summed E-state index contributed by atoms with van der Waals surface area (Å²) in [5.74, 6) is 1.69. The van der Waals surface area contributed by atoms with Crippen molar-refractivity contribution in [2.75, 3.05) is 20.2 Å². The van der Waals surface area contributed by atoms with Crippen LogP contribution in [0.15, 0.2) is 0 Å². The highest BCUT2D eigenvalue weighted by Gasteiger charge is 2.41. The predicted molar refractivity (Wildman–Crippen MR) is 46.4 cm³/mol. The molecule has 1 saturated carbocycles. The second-order valence-corrected chi connectivity index (χ2v) is 3.92. The highest BCUT2D eigenvalue weighted by atomic mass is 16.3. The Morgan fingerprint density at radius 1 is 1.55 bits per heavy atom. The third-order valence-electron chi connectivity index (χ3n) is 2.68. The molecule has 0 bridgehead atoms. The van der Waals surface area contributed by atoms with Gasteiger partial charge in [0.05, 0.1) is 6.61 Å². The number of rotatable bonds is 4. The minimum Gasteiger partial charge on any atom is -0.395 e. The van der Waals surface area contributed by atoms with Gasteiger partial charge in [0.1, 0.15) is 0 Å². The average Bonchev–Trinajstić information content (AvgIpc) is 2.65. The van der Waals surface area contributed by atoms with Crippen LogP contribution in [0.4, 0.5) is 0 Å².